The maximum atomic E-state index is 3.88. The van der Waals surface area contributed by atoms with Crippen molar-refractivity contribution in [2.75, 3.05) is 26.2 Å². The van der Waals surface area contributed by atoms with Crippen molar-refractivity contribution in [3.8, 4) is 0 Å². The summed E-state index contributed by atoms with van der Waals surface area (Å²) in [5.41, 5.74) is 3.88. The second-order valence-corrected chi connectivity index (χ2v) is 4.97. The van der Waals surface area contributed by atoms with E-state index in [2.05, 4.69) is 12.7 Å². The summed E-state index contributed by atoms with van der Waals surface area (Å²) < 4.78 is 0. The first-order valence-corrected chi connectivity index (χ1v) is 6.45. The number of piperidine rings is 1. The molecule has 1 rings (SSSR count). The van der Waals surface area contributed by atoms with Gasteiger partial charge in [-0.15, -0.1) is 0 Å². The lowest BCUT2D eigenvalue weighted by Crippen LogP contribution is -3.13. The first-order chi connectivity index (χ1) is 6.83. The molecule has 0 radical (unpaired) electrons. The van der Waals surface area contributed by atoms with Crippen LogP contribution in [0.15, 0.2) is 0 Å². The van der Waals surface area contributed by atoms with Gasteiger partial charge in [0.25, 0.3) is 0 Å². The summed E-state index contributed by atoms with van der Waals surface area (Å²) in [6.07, 6.45) is 8.49. The number of hydrogen-bond donors (Lipinski definition) is 2. The maximum Gasteiger partial charge on any atom is 0.0796 e. The van der Waals surface area contributed by atoms with Crippen molar-refractivity contribution in [1.82, 2.24) is 0 Å². The van der Waals surface area contributed by atoms with E-state index < -0.39 is 0 Å². The molecule has 1 unspecified atom stereocenters. The summed E-state index contributed by atoms with van der Waals surface area (Å²) in [4.78, 5) is 1.86. The highest BCUT2D eigenvalue weighted by Crippen LogP contribution is 2.05. The molecule has 2 nitrogen and oxygen atoms in total. The molecule has 84 valence electrons. The molecule has 0 spiro atoms. The largest absolute Gasteiger partial charge is 0.358 e. The molecule has 0 saturated carbocycles. The molecule has 1 aliphatic rings. The van der Waals surface area contributed by atoms with E-state index in [0.717, 1.165) is 12.5 Å². The fraction of sp³-hybridized carbons (Fsp3) is 1.00. The van der Waals surface area contributed by atoms with Crippen molar-refractivity contribution in [2.45, 2.75) is 45.4 Å². The first-order valence-electron chi connectivity index (χ1n) is 6.45. The van der Waals surface area contributed by atoms with Crippen LogP contribution in [0.3, 0.4) is 0 Å². The standard InChI is InChI=1S/C12H26N2/c1-12-7-6-10-14(11-12)9-5-3-2-4-8-13/h12H,2-11,13H2,1H3/p+2/t12-/m0/s1. The van der Waals surface area contributed by atoms with Crippen molar-refractivity contribution in [2.24, 2.45) is 5.92 Å². The van der Waals surface area contributed by atoms with E-state index in [1.807, 2.05) is 4.90 Å². The Morgan fingerprint density at radius 2 is 2.00 bits per heavy atom. The van der Waals surface area contributed by atoms with Gasteiger partial charge in [0, 0.05) is 5.92 Å². The molecule has 0 bridgehead atoms. The van der Waals surface area contributed by atoms with Crippen LogP contribution < -0.4 is 10.6 Å². The Labute approximate surface area is 88.8 Å². The SMILES string of the molecule is C[C@H]1CCC[NH+](CCCCCC[NH3+])C1. The molecular formula is C12H28N2+2. The molecule has 1 heterocycles. The monoisotopic (exact) mass is 200 g/mol. The minimum atomic E-state index is 0.971. The maximum absolute atomic E-state index is 3.88. The molecule has 1 aliphatic heterocycles. The lowest BCUT2D eigenvalue weighted by atomic mass is 10.00. The fourth-order valence-electron chi connectivity index (χ4n) is 2.53. The summed E-state index contributed by atoms with van der Waals surface area (Å²) in [6.45, 7) is 7.80. The number of hydrogen-bond acceptors (Lipinski definition) is 0. The molecule has 1 fully saturated rings. The van der Waals surface area contributed by atoms with E-state index in [1.54, 1.807) is 0 Å². The van der Waals surface area contributed by atoms with E-state index >= 15 is 0 Å². The third-order valence-electron chi connectivity index (χ3n) is 3.39. The molecule has 1 saturated heterocycles. The van der Waals surface area contributed by atoms with Gasteiger partial charge in [-0.3, -0.25) is 0 Å². The van der Waals surface area contributed by atoms with Gasteiger partial charge in [0.15, 0.2) is 0 Å². The Bertz CT molecular complexity index is 136. The molecule has 14 heavy (non-hydrogen) atoms. The summed E-state index contributed by atoms with van der Waals surface area (Å²) >= 11 is 0. The van der Waals surface area contributed by atoms with Crippen molar-refractivity contribution < 1.29 is 10.6 Å². The summed E-state index contributed by atoms with van der Waals surface area (Å²) in [5, 5.41) is 0. The molecule has 0 aromatic heterocycles. The van der Waals surface area contributed by atoms with Gasteiger partial charge in [-0.05, 0) is 38.5 Å². The van der Waals surface area contributed by atoms with Gasteiger partial charge in [0.2, 0.25) is 0 Å². The van der Waals surface area contributed by atoms with E-state index in [0.29, 0.717) is 0 Å². The van der Waals surface area contributed by atoms with E-state index in [-0.39, 0.29) is 0 Å². The van der Waals surface area contributed by atoms with Crippen LogP contribution in [-0.4, -0.2) is 26.2 Å². The van der Waals surface area contributed by atoms with Crippen LogP contribution in [0.5, 0.6) is 0 Å². The van der Waals surface area contributed by atoms with Crippen molar-refractivity contribution in [3.63, 3.8) is 0 Å². The lowest BCUT2D eigenvalue weighted by molar-refractivity contribution is -0.908. The molecule has 2 heteroatoms. The number of rotatable bonds is 6. The number of nitrogens with one attached hydrogen (secondary N) is 1. The zero-order valence-electron chi connectivity index (χ0n) is 9.86. The summed E-state index contributed by atoms with van der Waals surface area (Å²) in [5.74, 6) is 0.971. The topological polar surface area (TPSA) is 32.1 Å². The normalized spacial score (nSPS) is 27.9. The highest BCUT2D eigenvalue weighted by molar-refractivity contribution is 4.55. The molecule has 2 atom stereocenters. The molecule has 0 aromatic rings. The van der Waals surface area contributed by atoms with Gasteiger partial charge in [0.1, 0.15) is 0 Å². The minimum absolute atomic E-state index is 0.971. The van der Waals surface area contributed by atoms with Crippen LogP contribution in [0.25, 0.3) is 0 Å². The van der Waals surface area contributed by atoms with Gasteiger partial charge in [-0.2, -0.15) is 0 Å². The highest BCUT2D eigenvalue weighted by Gasteiger charge is 2.18. The van der Waals surface area contributed by atoms with Gasteiger partial charge in [-0.25, -0.2) is 0 Å². The molecular weight excluding hydrogens is 172 g/mol. The smallest absolute Gasteiger partial charge is 0.0796 e. The average Bonchev–Trinajstić information content (AvgIpc) is 2.18. The van der Waals surface area contributed by atoms with Crippen LogP contribution in [0, 0.1) is 5.92 Å². The van der Waals surface area contributed by atoms with Gasteiger partial charge in [-0.1, -0.05) is 6.92 Å². The molecule has 0 aromatic carbocycles. The van der Waals surface area contributed by atoms with Gasteiger partial charge in [0.05, 0.1) is 26.2 Å². The predicted octanol–water partition coefficient (Wildman–Crippen LogP) is 0.104. The number of likely N-dealkylation sites (tertiary alicyclic amines) is 1. The highest BCUT2D eigenvalue weighted by atomic mass is 15.1. The third-order valence-corrected chi connectivity index (χ3v) is 3.39. The van der Waals surface area contributed by atoms with Gasteiger partial charge < -0.3 is 10.6 Å². The average molecular weight is 200 g/mol. The van der Waals surface area contributed by atoms with Crippen molar-refractivity contribution in [3.05, 3.63) is 0 Å². The number of quaternary nitrogens is 2. The van der Waals surface area contributed by atoms with Crippen molar-refractivity contribution in [1.29, 1.82) is 0 Å². The zero-order valence-corrected chi connectivity index (χ0v) is 9.86. The Balaban J connectivity index is 1.95. The summed E-state index contributed by atoms with van der Waals surface area (Å²) in [7, 11) is 0. The van der Waals surface area contributed by atoms with Crippen LogP contribution in [0.2, 0.25) is 0 Å². The number of unbranched alkanes of at least 4 members (excludes halogenated alkanes) is 3. The van der Waals surface area contributed by atoms with Crippen molar-refractivity contribution >= 4 is 0 Å². The lowest BCUT2D eigenvalue weighted by Gasteiger charge is -2.27. The Morgan fingerprint density at radius 1 is 1.21 bits per heavy atom. The van der Waals surface area contributed by atoms with E-state index in [9.17, 15) is 0 Å². The molecule has 4 N–H and O–H groups in total. The third kappa shape index (κ3) is 4.97. The van der Waals surface area contributed by atoms with Gasteiger partial charge >= 0.3 is 0 Å². The predicted molar refractivity (Wildman–Crippen MR) is 60.2 cm³/mol. The Hall–Kier alpha value is -0.0800. The van der Waals surface area contributed by atoms with Crippen LogP contribution in [-0.2, 0) is 0 Å². The van der Waals surface area contributed by atoms with Crippen LogP contribution >= 0.6 is 0 Å². The van der Waals surface area contributed by atoms with E-state index in [1.165, 1.54) is 58.2 Å². The Morgan fingerprint density at radius 3 is 2.71 bits per heavy atom. The first kappa shape index (κ1) is 12.0. The second kappa shape index (κ2) is 7.24. The van der Waals surface area contributed by atoms with Crippen LogP contribution in [0.1, 0.15) is 45.4 Å². The quantitative estimate of drug-likeness (QED) is 0.570. The molecule has 0 aliphatic carbocycles. The van der Waals surface area contributed by atoms with E-state index in [4.69, 9.17) is 0 Å². The summed E-state index contributed by atoms with van der Waals surface area (Å²) in [6, 6.07) is 0. The second-order valence-electron chi connectivity index (χ2n) is 4.97. The zero-order chi connectivity index (χ0) is 10.2. The fourth-order valence-corrected chi connectivity index (χ4v) is 2.53. The Kier molecular flexibility index (Phi) is 6.20. The molecule has 0 amide bonds. The minimum Gasteiger partial charge on any atom is -0.358 e. The van der Waals surface area contributed by atoms with Crippen LogP contribution in [0.4, 0.5) is 0 Å².